The smallest absolute Gasteiger partial charge is 0.305 e. The Morgan fingerprint density at radius 1 is 0.491 bits per heavy atom. The van der Waals surface area contributed by atoms with E-state index in [-0.39, 0.29) is 18.5 Å². The number of rotatable bonds is 43. The second-order valence-corrected chi connectivity index (χ2v) is 16.1. The second-order valence-electron chi connectivity index (χ2n) is 16.1. The molecule has 6 nitrogen and oxygen atoms in total. The number of hydrogen-bond donors (Lipinski definition) is 3. The molecule has 0 saturated carbocycles. The first-order valence-electron chi connectivity index (χ1n) is 23.8. The Balaban J connectivity index is 3.59. The third kappa shape index (κ3) is 41.5. The lowest BCUT2D eigenvalue weighted by Crippen LogP contribution is -2.45. The molecule has 2 atom stereocenters. The number of unbranched alkanes of at least 4 members (excludes halogenated alkanes) is 28. The van der Waals surface area contributed by atoms with Crippen LogP contribution < -0.4 is 5.32 Å². The van der Waals surface area contributed by atoms with Gasteiger partial charge in [0.05, 0.1) is 25.4 Å². The van der Waals surface area contributed by atoms with Crippen molar-refractivity contribution in [3.8, 4) is 0 Å². The van der Waals surface area contributed by atoms with Crippen molar-refractivity contribution in [2.75, 3.05) is 13.2 Å². The van der Waals surface area contributed by atoms with Crippen LogP contribution in [0, 0.1) is 0 Å². The molecular formula is C49H91NO5. The van der Waals surface area contributed by atoms with E-state index in [0.717, 1.165) is 83.5 Å². The molecule has 2 unspecified atom stereocenters. The first-order chi connectivity index (χ1) is 27.0. The van der Waals surface area contributed by atoms with Crippen LogP contribution in [0.3, 0.4) is 0 Å². The Hall–Kier alpha value is -1.92. The molecular weight excluding hydrogens is 683 g/mol. The summed E-state index contributed by atoms with van der Waals surface area (Å²) in [4.78, 5) is 24.4. The molecule has 55 heavy (non-hydrogen) atoms. The van der Waals surface area contributed by atoms with Crippen molar-refractivity contribution in [3.63, 3.8) is 0 Å². The molecule has 6 heteroatoms. The lowest BCUT2D eigenvalue weighted by molar-refractivity contribution is -0.143. The molecule has 0 aliphatic carbocycles. The topological polar surface area (TPSA) is 95.9 Å². The number of carbonyl (C=O) groups is 2. The van der Waals surface area contributed by atoms with Crippen molar-refractivity contribution in [2.24, 2.45) is 0 Å². The molecule has 0 aromatic rings. The number of amides is 1. The minimum atomic E-state index is -0.862. The van der Waals surface area contributed by atoms with Crippen molar-refractivity contribution >= 4 is 11.9 Å². The Kier molecular flexibility index (Phi) is 43.2. The SMILES string of the molecule is CCCCC/C=C\CCCCCCCC(=O)OCCCC/C=C\CCCCCCCC(=O)NC(CO)C(O)/C=C/CCCCCCCCCCCCCCC. The maximum absolute atomic E-state index is 12.4. The van der Waals surface area contributed by atoms with Gasteiger partial charge in [0.1, 0.15) is 0 Å². The van der Waals surface area contributed by atoms with Gasteiger partial charge in [-0.25, -0.2) is 0 Å². The zero-order valence-electron chi connectivity index (χ0n) is 36.4. The highest BCUT2D eigenvalue weighted by atomic mass is 16.5. The van der Waals surface area contributed by atoms with E-state index in [1.807, 2.05) is 6.08 Å². The van der Waals surface area contributed by atoms with Crippen LogP contribution in [0.25, 0.3) is 0 Å². The lowest BCUT2D eigenvalue weighted by atomic mass is 10.0. The molecule has 322 valence electrons. The van der Waals surface area contributed by atoms with Gasteiger partial charge in [-0.2, -0.15) is 0 Å². The fourth-order valence-electron chi connectivity index (χ4n) is 6.91. The van der Waals surface area contributed by atoms with Crippen molar-refractivity contribution in [1.29, 1.82) is 0 Å². The van der Waals surface area contributed by atoms with Gasteiger partial charge in [-0.15, -0.1) is 0 Å². The quantitative estimate of drug-likeness (QED) is 0.0326. The average Bonchev–Trinajstić information content (AvgIpc) is 3.18. The summed E-state index contributed by atoms with van der Waals surface area (Å²) in [6.07, 6.45) is 52.7. The Labute approximate surface area is 341 Å². The first kappa shape index (κ1) is 53.1. The third-order valence-electron chi connectivity index (χ3n) is 10.6. The second kappa shape index (κ2) is 44.8. The Morgan fingerprint density at radius 2 is 0.855 bits per heavy atom. The van der Waals surface area contributed by atoms with E-state index in [1.165, 1.54) is 128 Å². The van der Waals surface area contributed by atoms with Crippen molar-refractivity contribution in [1.82, 2.24) is 5.32 Å². The predicted octanol–water partition coefficient (Wildman–Crippen LogP) is 13.7. The Bertz CT molecular complexity index is 900. The first-order valence-corrected chi connectivity index (χ1v) is 23.8. The minimum absolute atomic E-state index is 0.0440. The zero-order chi connectivity index (χ0) is 40.1. The van der Waals surface area contributed by atoms with Crippen LogP contribution in [-0.2, 0) is 14.3 Å². The number of nitrogens with one attached hydrogen (secondary N) is 1. The third-order valence-corrected chi connectivity index (χ3v) is 10.6. The van der Waals surface area contributed by atoms with E-state index < -0.39 is 12.1 Å². The van der Waals surface area contributed by atoms with Gasteiger partial charge >= 0.3 is 5.97 Å². The van der Waals surface area contributed by atoms with E-state index in [2.05, 4.69) is 43.5 Å². The summed E-state index contributed by atoms with van der Waals surface area (Å²) in [5, 5.41) is 23.0. The summed E-state index contributed by atoms with van der Waals surface area (Å²) in [5.74, 6) is -0.143. The maximum Gasteiger partial charge on any atom is 0.305 e. The summed E-state index contributed by atoms with van der Waals surface area (Å²) in [6, 6.07) is -0.649. The van der Waals surface area contributed by atoms with Gasteiger partial charge in [-0.05, 0) is 83.5 Å². The highest BCUT2D eigenvalue weighted by Crippen LogP contribution is 2.14. The van der Waals surface area contributed by atoms with E-state index in [9.17, 15) is 19.8 Å². The molecule has 0 heterocycles. The van der Waals surface area contributed by atoms with Crippen LogP contribution in [0.4, 0.5) is 0 Å². The van der Waals surface area contributed by atoms with Gasteiger partial charge < -0.3 is 20.3 Å². The van der Waals surface area contributed by atoms with E-state index in [4.69, 9.17) is 4.74 Å². The number of esters is 1. The standard InChI is InChI=1S/C49H91NO5/c1-3-5-7-9-11-13-15-17-18-19-21-25-29-33-37-41-47(52)46(45-51)50-48(53)42-38-34-30-26-22-20-24-28-32-36-40-44-55-49(54)43-39-35-31-27-23-16-14-12-10-8-6-4-2/h12,14,24,28,37,41,46-47,51-52H,3-11,13,15-23,25-27,29-36,38-40,42-45H2,1-2H3,(H,50,53)/b14-12-,28-24-,41-37+. The molecule has 0 spiro atoms. The molecule has 3 N–H and O–H groups in total. The van der Waals surface area contributed by atoms with Gasteiger partial charge in [0.15, 0.2) is 0 Å². The number of hydrogen-bond acceptors (Lipinski definition) is 5. The number of allylic oxidation sites excluding steroid dienone is 5. The van der Waals surface area contributed by atoms with Gasteiger partial charge in [-0.3, -0.25) is 9.59 Å². The molecule has 0 aliphatic rings. The zero-order valence-corrected chi connectivity index (χ0v) is 36.4. The summed E-state index contributed by atoms with van der Waals surface area (Å²) in [6.45, 7) is 4.78. The summed E-state index contributed by atoms with van der Waals surface area (Å²) in [5.41, 5.74) is 0. The fourth-order valence-corrected chi connectivity index (χ4v) is 6.91. The fraction of sp³-hybridized carbons (Fsp3) is 0.837. The van der Waals surface area contributed by atoms with E-state index in [0.29, 0.717) is 19.4 Å². The van der Waals surface area contributed by atoms with Crippen LogP contribution in [0.2, 0.25) is 0 Å². The van der Waals surface area contributed by atoms with Gasteiger partial charge in [0.25, 0.3) is 0 Å². The molecule has 0 aromatic carbocycles. The summed E-state index contributed by atoms with van der Waals surface area (Å²) in [7, 11) is 0. The molecule has 0 fully saturated rings. The normalized spacial score (nSPS) is 13.0. The van der Waals surface area contributed by atoms with Crippen molar-refractivity contribution < 1.29 is 24.5 Å². The van der Waals surface area contributed by atoms with Crippen LogP contribution in [-0.4, -0.2) is 47.4 Å². The number of aliphatic hydroxyl groups excluding tert-OH is 2. The lowest BCUT2D eigenvalue weighted by Gasteiger charge is -2.20. The number of aliphatic hydroxyl groups is 2. The van der Waals surface area contributed by atoms with Gasteiger partial charge in [-0.1, -0.05) is 179 Å². The van der Waals surface area contributed by atoms with Gasteiger partial charge in [0.2, 0.25) is 5.91 Å². The largest absolute Gasteiger partial charge is 0.466 e. The predicted molar refractivity (Wildman–Crippen MR) is 236 cm³/mol. The van der Waals surface area contributed by atoms with E-state index in [1.54, 1.807) is 6.08 Å². The van der Waals surface area contributed by atoms with E-state index >= 15 is 0 Å². The maximum atomic E-state index is 12.4. The average molecular weight is 774 g/mol. The van der Waals surface area contributed by atoms with Crippen molar-refractivity contribution in [2.45, 2.75) is 251 Å². The molecule has 0 aliphatic heterocycles. The highest BCUT2D eigenvalue weighted by Gasteiger charge is 2.18. The molecule has 0 radical (unpaired) electrons. The molecule has 1 amide bonds. The monoisotopic (exact) mass is 774 g/mol. The van der Waals surface area contributed by atoms with Crippen LogP contribution in [0.1, 0.15) is 239 Å². The summed E-state index contributed by atoms with van der Waals surface area (Å²) >= 11 is 0. The highest BCUT2D eigenvalue weighted by molar-refractivity contribution is 5.76. The number of carbonyl (C=O) groups excluding carboxylic acids is 2. The summed E-state index contributed by atoms with van der Waals surface area (Å²) < 4.78 is 5.41. The van der Waals surface area contributed by atoms with Crippen LogP contribution in [0.5, 0.6) is 0 Å². The van der Waals surface area contributed by atoms with Crippen LogP contribution in [0.15, 0.2) is 36.5 Å². The Morgan fingerprint density at radius 3 is 1.33 bits per heavy atom. The molecule has 0 aromatic heterocycles. The molecule has 0 rings (SSSR count). The minimum Gasteiger partial charge on any atom is -0.466 e. The van der Waals surface area contributed by atoms with Gasteiger partial charge in [0, 0.05) is 12.8 Å². The number of ether oxygens (including phenoxy) is 1. The molecule has 0 bridgehead atoms. The van der Waals surface area contributed by atoms with Crippen LogP contribution >= 0.6 is 0 Å². The molecule has 0 saturated heterocycles. The van der Waals surface area contributed by atoms with Crippen molar-refractivity contribution in [3.05, 3.63) is 36.5 Å².